The molecule has 0 bridgehead atoms. The van der Waals surface area contributed by atoms with Gasteiger partial charge in [-0.15, -0.1) is 0 Å². The van der Waals surface area contributed by atoms with E-state index in [0.29, 0.717) is 6.04 Å². The fourth-order valence-corrected chi connectivity index (χ4v) is 3.80. The van der Waals surface area contributed by atoms with Gasteiger partial charge in [-0.1, -0.05) is 0 Å². The Balaban J connectivity index is 1.79. The van der Waals surface area contributed by atoms with E-state index in [1.807, 2.05) is 6.07 Å². The quantitative estimate of drug-likeness (QED) is 0.881. The minimum absolute atomic E-state index is 0.0132. The summed E-state index contributed by atoms with van der Waals surface area (Å²) in [6, 6.07) is 6.67. The van der Waals surface area contributed by atoms with Gasteiger partial charge in [0.15, 0.2) is 0 Å². The second-order valence-corrected chi connectivity index (χ2v) is 6.53. The predicted octanol–water partition coefficient (Wildman–Crippen LogP) is 2.45. The average molecular weight is 324 g/mol. The Bertz CT molecular complexity index is 571. The van der Waals surface area contributed by atoms with Crippen LogP contribution >= 0.6 is 0 Å². The Kier molecular flexibility index (Phi) is 3.61. The molecule has 4 nitrogen and oxygen atoms in total. The zero-order chi connectivity index (χ0) is 13.3. The first-order valence-electron chi connectivity index (χ1n) is 6.82. The summed E-state index contributed by atoms with van der Waals surface area (Å²) in [4.78, 5) is 0. The van der Waals surface area contributed by atoms with Crippen LogP contribution < -0.4 is 5.32 Å². The third-order valence-electron chi connectivity index (χ3n) is 3.99. The monoisotopic (exact) mass is 325 g/mol. The number of nitrogens with zero attached hydrogens (tertiary/aromatic N) is 2. The summed E-state index contributed by atoms with van der Waals surface area (Å²) in [7, 11) is 0. The van der Waals surface area contributed by atoms with Crippen LogP contribution in [0.15, 0.2) is 18.2 Å². The van der Waals surface area contributed by atoms with Crippen LogP contribution in [-0.4, -0.2) is 41.2 Å². The second-order valence-electron chi connectivity index (χ2n) is 5.42. The van der Waals surface area contributed by atoms with Crippen molar-refractivity contribution in [3.8, 4) is 0 Å². The molecule has 102 valence electrons. The van der Waals surface area contributed by atoms with Crippen LogP contribution in [0.25, 0.3) is 11.0 Å². The zero-order valence-corrected chi connectivity index (χ0v) is 13.1. The van der Waals surface area contributed by atoms with E-state index in [4.69, 9.17) is 4.74 Å². The summed E-state index contributed by atoms with van der Waals surface area (Å²) in [6.45, 7) is 5.24. The van der Waals surface area contributed by atoms with Crippen LogP contribution in [0.3, 0.4) is 0 Å². The van der Waals surface area contributed by atoms with Crippen LogP contribution in [0, 0.1) is 0 Å². The molecule has 1 aliphatic heterocycles. The third-order valence-corrected chi connectivity index (χ3v) is 5.13. The maximum atomic E-state index is 5.90. The molecule has 5 heteroatoms. The average Bonchev–Trinajstić information content (AvgIpc) is 2.88. The first-order valence-corrected chi connectivity index (χ1v) is 8.35. The molecule has 0 aliphatic carbocycles. The molecule has 1 saturated heterocycles. The van der Waals surface area contributed by atoms with Gasteiger partial charge in [0.2, 0.25) is 0 Å². The molecule has 1 aromatic carbocycles. The van der Waals surface area contributed by atoms with Crippen LogP contribution in [0.4, 0.5) is 5.69 Å². The van der Waals surface area contributed by atoms with Crippen molar-refractivity contribution in [3.05, 3.63) is 18.2 Å². The minimum atomic E-state index is 0.0132. The van der Waals surface area contributed by atoms with E-state index < -0.39 is 0 Å². The molecular formula is C14H19N3OSe. The van der Waals surface area contributed by atoms with Gasteiger partial charge < -0.3 is 0 Å². The van der Waals surface area contributed by atoms with Gasteiger partial charge >= 0.3 is 119 Å². The van der Waals surface area contributed by atoms with Gasteiger partial charge in [0.1, 0.15) is 0 Å². The van der Waals surface area contributed by atoms with E-state index in [-0.39, 0.29) is 20.6 Å². The van der Waals surface area contributed by atoms with E-state index in [1.54, 1.807) is 0 Å². The van der Waals surface area contributed by atoms with E-state index in [2.05, 4.69) is 39.3 Å². The van der Waals surface area contributed by atoms with Crippen LogP contribution in [0.2, 0.25) is 0 Å². The first kappa shape index (κ1) is 13.1. The molecule has 0 amide bonds. The van der Waals surface area contributed by atoms with Gasteiger partial charge in [-0.05, 0) is 0 Å². The third kappa shape index (κ3) is 2.69. The van der Waals surface area contributed by atoms with Crippen molar-refractivity contribution in [3.63, 3.8) is 0 Å². The van der Waals surface area contributed by atoms with Crippen molar-refractivity contribution in [2.75, 3.05) is 11.9 Å². The van der Waals surface area contributed by atoms with Gasteiger partial charge in [0, 0.05) is 0 Å². The Labute approximate surface area is 119 Å². The molecule has 0 spiro atoms. The molecule has 2 heterocycles. The number of benzene rings is 1. The molecule has 1 aliphatic rings. The summed E-state index contributed by atoms with van der Waals surface area (Å²) < 4.78 is 14.8. The van der Waals surface area contributed by atoms with E-state index >= 15 is 0 Å². The van der Waals surface area contributed by atoms with E-state index in [9.17, 15) is 0 Å². The maximum absolute atomic E-state index is 5.90. The zero-order valence-electron chi connectivity index (χ0n) is 11.3. The molecule has 1 N–H and O–H groups in total. The normalized spacial score (nSPS) is 27.6. The number of fused-ring (bicyclic) bond motifs is 1. The van der Waals surface area contributed by atoms with Gasteiger partial charge in [0.05, 0.1) is 0 Å². The van der Waals surface area contributed by atoms with Crippen molar-refractivity contribution in [1.29, 1.82) is 0 Å². The number of hydrogen-bond donors (Lipinski definition) is 1. The van der Waals surface area contributed by atoms with Crippen molar-refractivity contribution < 1.29 is 4.74 Å². The number of rotatable bonds is 3. The van der Waals surface area contributed by atoms with Crippen LogP contribution in [0.1, 0.15) is 33.1 Å². The fraction of sp³-hybridized carbons (Fsp3) is 0.571. The predicted molar refractivity (Wildman–Crippen MR) is 77.8 cm³/mol. The Morgan fingerprint density at radius 2 is 2.37 bits per heavy atom. The van der Waals surface area contributed by atoms with Crippen molar-refractivity contribution >= 4 is 31.7 Å². The Hall–Kier alpha value is -0.901. The van der Waals surface area contributed by atoms with Crippen molar-refractivity contribution in [1.82, 2.24) is 7.96 Å². The van der Waals surface area contributed by atoms with E-state index in [1.165, 1.54) is 0 Å². The standard InChI is InChI=1S/C14H19N3OSe/c1-3-14(2)9-10(7-8-18-14)15-11-5-4-6-12-13(11)17-19-16-12/h4-6,10,15H,3,7-9H2,1-2H3. The molecule has 1 aromatic heterocycles. The first-order chi connectivity index (χ1) is 9.20. The molecule has 1 fully saturated rings. The summed E-state index contributed by atoms with van der Waals surface area (Å²) in [5, 5.41) is 3.65. The van der Waals surface area contributed by atoms with Gasteiger partial charge in [-0.2, -0.15) is 0 Å². The van der Waals surface area contributed by atoms with Gasteiger partial charge in [0.25, 0.3) is 0 Å². The second kappa shape index (κ2) is 5.23. The summed E-state index contributed by atoms with van der Waals surface area (Å²) in [5.41, 5.74) is 3.23. The van der Waals surface area contributed by atoms with E-state index in [0.717, 1.165) is 42.6 Å². The van der Waals surface area contributed by atoms with Crippen molar-refractivity contribution in [2.24, 2.45) is 0 Å². The molecule has 2 atom stereocenters. The molecular weight excluding hydrogens is 305 g/mol. The fourth-order valence-electron chi connectivity index (χ4n) is 2.64. The number of ether oxygens (including phenoxy) is 1. The molecule has 19 heavy (non-hydrogen) atoms. The molecule has 0 saturated carbocycles. The molecule has 2 aromatic rings. The molecule has 0 radical (unpaired) electrons. The number of hydrogen-bond acceptors (Lipinski definition) is 4. The number of nitrogens with one attached hydrogen (secondary N) is 1. The van der Waals surface area contributed by atoms with Crippen molar-refractivity contribution in [2.45, 2.75) is 44.8 Å². The summed E-state index contributed by atoms with van der Waals surface area (Å²) >= 11 is 0.0354. The molecule has 2 unspecified atom stereocenters. The summed E-state index contributed by atoms with van der Waals surface area (Å²) in [6.07, 6.45) is 3.16. The van der Waals surface area contributed by atoms with Gasteiger partial charge in [-0.25, -0.2) is 0 Å². The molecule has 3 rings (SSSR count). The van der Waals surface area contributed by atoms with Gasteiger partial charge in [-0.3, -0.25) is 0 Å². The SMILES string of the molecule is CCC1(C)CC(Nc2cccc3n[se]nc23)CCO1. The summed E-state index contributed by atoms with van der Waals surface area (Å²) in [5.74, 6) is 0. The Morgan fingerprint density at radius 1 is 1.47 bits per heavy atom. The number of aromatic nitrogens is 2. The van der Waals surface area contributed by atoms with Crippen LogP contribution in [-0.2, 0) is 4.74 Å². The number of anilines is 1. The van der Waals surface area contributed by atoms with Crippen LogP contribution in [0.5, 0.6) is 0 Å². The topological polar surface area (TPSA) is 47.0 Å². The Morgan fingerprint density at radius 3 is 3.21 bits per heavy atom.